The van der Waals surface area contributed by atoms with E-state index >= 15 is 0 Å². The van der Waals surface area contributed by atoms with Gasteiger partial charge in [-0.3, -0.25) is 15.1 Å². The molecule has 2 aromatic rings. The van der Waals surface area contributed by atoms with Crippen molar-refractivity contribution >= 4 is 34.6 Å². The van der Waals surface area contributed by atoms with Crippen molar-refractivity contribution in [2.75, 3.05) is 5.32 Å². The fraction of sp³-hybridized carbons (Fsp3) is 0.333. The molecule has 0 radical (unpaired) electrons. The molecule has 2 heterocycles. The smallest absolute Gasteiger partial charge is 0.280 e. The summed E-state index contributed by atoms with van der Waals surface area (Å²) < 4.78 is 0. The number of imidazole rings is 1. The lowest BCUT2D eigenvalue weighted by Gasteiger charge is -2.03. The number of carbonyl (C=O) groups excluding carboxylic acids is 1. The molecule has 0 unspecified atom stereocenters. The van der Waals surface area contributed by atoms with Gasteiger partial charge in [-0.25, -0.2) is 4.98 Å². The standard InChI is InChI=1S/C9H10ClN5O/c1-4(2)8(16)15-9-13-6(10)5-7(14-9)12-3-11-5/h3-4H,1-2H3,(H2,11,12,13,14,15,16)/p+1. The molecule has 1 amide bonds. The molecule has 84 valence electrons. The van der Waals surface area contributed by atoms with Gasteiger partial charge in [0.2, 0.25) is 11.4 Å². The van der Waals surface area contributed by atoms with E-state index in [-0.39, 0.29) is 22.9 Å². The minimum atomic E-state index is -0.147. The molecule has 0 spiro atoms. The highest BCUT2D eigenvalue weighted by molar-refractivity contribution is 6.33. The molecule has 7 heteroatoms. The first-order valence-electron chi connectivity index (χ1n) is 4.81. The first kappa shape index (κ1) is 10.8. The molecule has 2 rings (SSSR count). The molecule has 6 nitrogen and oxygen atoms in total. The number of H-pyrrole nitrogens is 2. The number of nitrogens with zero attached hydrogens (tertiary/aromatic N) is 2. The van der Waals surface area contributed by atoms with Crippen molar-refractivity contribution in [3.63, 3.8) is 0 Å². The number of hydrogen-bond donors (Lipinski definition) is 2. The summed E-state index contributed by atoms with van der Waals surface area (Å²) in [5.41, 5.74) is 1.17. The third-order valence-electron chi connectivity index (χ3n) is 2.05. The van der Waals surface area contributed by atoms with Crippen LogP contribution in [0, 0.1) is 5.92 Å². The van der Waals surface area contributed by atoms with Crippen molar-refractivity contribution < 1.29 is 9.78 Å². The second kappa shape index (κ2) is 4.05. The van der Waals surface area contributed by atoms with E-state index in [1.165, 1.54) is 0 Å². The van der Waals surface area contributed by atoms with Crippen molar-refractivity contribution in [1.82, 2.24) is 15.0 Å². The Bertz CT molecular complexity index is 536. The summed E-state index contributed by atoms with van der Waals surface area (Å²) >= 11 is 5.91. The normalized spacial score (nSPS) is 11.0. The van der Waals surface area contributed by atoms with Crippen LogP contribution in [-0.2, 0) is 4.79 Å². The van der Waals surface area contributed by atoms with Gasteiger partial charge in [-0.1, -0.05) is 30.4 Å². The molecule has 0 saturated heterocycles. The Morgan fingerprint density at radius 3 is 3.00 bits per heavy atom. The molecular formula is C9H11ClN5O+. The highest BCUT2D eigenvalue weighted by atomic mass is 35.5. The maximum atomic E-state index is 11.4. The van der Waals surface area contributed by atoms with Crippen LogP contribution in [0.4, 0.5) is 5.95 Å². The van der Waals surface area contributed by atoms with Crippen LogP contribution in [0.1, 0.15) is 13.8 Å². The Labute approximate surface area is 96.5 Å². The van der Waals surface area contributed by atoms with E-state index in [1.807, 2.05) is 0 Å². The molecule has 0 saturated carbocycles. The number of carbonyl (C=O) groups is 1. The molecule has 0 fully saturated rings. The van der Waals surface area contributed by atoms with Gasteiger partial charge in [0.05, 0.1) is 0 Å². The van der Waals surface area contributed by atoms with E-state index in [0.29, 0.717) is 11.2 Å². The maximum Gasteiger partial charge on any atom is 0.308 e. The van der Waals surface area contributed by atoms with Gasteiger partial charge in [0.1, 0.15) is 0 Å². The molecule has 0 aliphatic carbocycles. The molecule has 16 heavy (non-hydrogen) atoms. The lowest BCUT2D eigenvalue weighted by Crippen LogP contribution is -2.19. The summed E-state index contributed by atoms with van der Waals surface area (Å²) in [5, 5.41) is 2.85. The molecule has 0 aliphatic heterocycles. The van der Waals surface area contributed by atoms with E-state index in [0.717, 1.165) is 0 Å². The highest BCUT2D eigenvalue weighted by Crippen LogP contribution is 2.16. The lowest BCUT2D eigenvalue weighted by molar-refractivity contribution is -0.347. The number of anilines is 1. The second-order valence-corrected chi connectivity index (χ2v) is 4.00. The van der Waals surface area contributed by atoms with Gasteiger partial charge in [-0.2, -0.15) is 4.98 Å². The van der Waals surface area contributed by atoms with Crippen LogP contribution in [0.3, 0.4) is 0 Å². The summed E-state index contributed by atoms with van der Waals surface area (Å²) in [6.45, 7) is 3.58. The average Bonchev–Trinajstić information content (AvgIpc) is 2.65. The monoisotopic (exact) mass is 240 g/mol. The number of halogens is 1. The first-order chi connectivity index (χ1) is 7.58. The fourth-order valence-corrected chi connectivity index (χ4v) is 1.38. The van der Waals surface area contributed by atoms with Crippen LogP contribution < -0.4 is 10.3 Å². The van der Waals surface area contributed by atoms with Gasteiger partial charge in [0.25, 0.3) is 0 Å². The van der Waals surface area contributed by atoms with Gasteiger partial charge in [-0.05, 0) is 0 Å². The zero-order chi connectivity index (χ0) is 11.7. The Kier molecular flexibility index (Phi) is 2.74. The molecule has 0 bridgehead atoms. The lowest BCUT2D eigenvalue weighted by atomic mass is 10.2. The molecular weight excluding hydrogens is 230 g/mol. The number of fused-ring (bicyclic) bond motifs is 1. The number of aromatic amines is 2. The topological polar surface area (TPSA) is 84.8 Å². The van der Waals surface area contributed by atoms with Crippen LogP contribution in [0.15, 0.2) is 6.33 Å². The molecule has 2 aromatic heterocycles. The highest BCUT2D eigenvalue weighted by Gasteiger charge is 2.16. The van der Waals surface area contributed by atoms with E-state index in [4.69, 9.17) is 11.6 Å². The van der Waals surface area contributed by atoms with Gasteiger partial charge in [-0.15, -0.1) is 0 Å². The number of nitrogens with one attached hydrogen (secondary N) is 3. The van der Waals surface area contributed by atoms with Crippen LogP contribution in [0.2, 0.25) is 5.15 Å². The van der Waals surface area contributed by atoms with Crippen LogP contribution in [0.25, 0.3) is 11.2 Å². The SMILES string of the molecule is CC(C)C(=O)Nc1nc(Cl)c2[nH]c[nH+]c2n1. The van der Waals surface area contributed by atoms with Crippen molar-refractivity contribution in [3.8, 4) is 0 Å². The van der Waals surface area contributed by atoms with Crippen molar-refractivity contribution in [2.24, 2.45) is 5.92 Å². The zero-order valence-electron chi connectivity index (χ0n) is 8.84. The largest absolute Gasteiger partial charge is 0.308 e. The Balaban J connectivity index is 2.35. The predicted octanol–water partition coefficient (Wildman–Crippen LogP) is 1.02. The minimum absolute atomic E-state index is 0.131. The zero-order valence-corrected chi connectivity index (χ0v) is 9.59. The second-order valence-electron chi connectivity index (χ2n) is 3.64. The van der Waals surface area contributed by atoms with Crippen molar-refractivity contribution in [1.29, 1.82) is 0 Å². The van der Waals surface area contributed by atoms with Crippen molar-refractivity contribution in [3.05, 3.63) is 11.5 Å². The Morgan fingerprint density at radius 1 is 1.56 bits per heavy atom. The minimum Gasteiger partial charge on any atom is -0.280 e. The van der Waals surface area contributed by atoms with E-state index in [9.17, 15) is 4.79 Å². The summed E-state index contributed by atoms with van der Waals surface area (Å²) in [6, 6.07) is 0. The Morgan fingerprint density at radius 2 is 2.31 bits per heavy atom. The van der Waals surface area contributed by atoms with Crippen molar-refractivity contribution in [2.45, 2.75) is 13.8 Å². The van der Waals surface area contributed by atoms with E-state index < -0.39 is 0 Å². The molecule has 0 atom stereocenters. The number of hydrogen-bond acceptors (Lipinski definition) is 3. The third-order valence-corrected chi connectivity index (χ3v) is 2.32. The summed E-state index contributed by atoms with van der Waals surface area (Å²) in [4.78, 5) is 25.2. The van der Waals surface area contributed by atoms with Crippen LogP contribution >= 0.6 is 11.6 Å². The first-order valence-corrected chi connectivity index (χ1v) is 5.19. The van der Waals surface area contributed by atoms with E-state index in [2.05, 4.69) is 25.3 Å². The van der Waals surface area contributed by atoms with Crippen LogP contribution in [-0.4, -0.2) is 20.9 Å². The predicted molar refractivity (Wildman–Crippen MR) is 58.9 cm³/mol. The van der Waals surface area contributed by atoms with Gasteiger partial charge in [0, 0.05) is 5.92 Å². The molecule has 0 aliphatic rings. The maximum absolute atomic E-state index is 11.4. The van der Waals surface area contributed by atoms with Gasteiger partial charge < -0.3 is 0 Å². The fourth-order valence-electron chi connectivity index (χ4n) is 1.15. The number of aromatic nitrogens is 4. The molecule has 3 N–H and O–H groups in total. The van der Waals surface area contributed by atoms with Gasteiger partial charge in [0.15, 0.2) is 11.5 Å². The quantitative estimate of drug-likeness (QED) is 0.769. The molecule has 0 aromatic carbocycles. The number of rotatable bonds is 2. The summed E-state index contributed by atoms with van der Waals surface area (Å²) in [7, 11) is 0. The van der Waals surface area contributed by atoms with Crippen LogP contribution in [0.5, 0.6) is 0 Å². The van der Waals surface area contributed by atoms with Gasteiger partial charge >= 0.3 is 11.6 Å². The Hall–Kier alpha value is -1.69. The third kappa shape index (κ3) is 1.96. The summed E-state index contributed by atoms with van der Waals surface area (Å²) in [5.74, 6) is -0.0775. The summed E-state index contributed by atoms with van der Waals surface area (Å²) in [6.07, 6.45) is 1.60. The average molecular weight is 241 g/mol. The number of amides is 1. The van der Waals surface area contributed by atoms with E-state index in [1.54, 1.807) is 20.2 Å².